The Labute approximate surface area is 172 Å². The van der Waals surface area contributed by atoms with E-state index in [-0.39, 0.29) is 5.75 Å². The van der Waals surface area contributed by atoms with Gasteiger partial charge in [0.2, 0.25) is 0 Å². The van der Waals surface area contributed by atoms with Crippen LogP contribution in [-0.2, 0) is 19.1 Å². The highest BCUT2D eigenvalue weighted by Gasteiger charge is 2.52. The lowest BCUT2D eigenvalue weighted by atomic mass is 9.77. The minimum Gasteiger partial charge on any atom is -0.479 e. The maximum atomic E-state index is 12.9. The van der Waals surface area contributed by atoms with Gasteiger partial charge in [0.1, 0.15) is 17.1 Å². The third-order valence-corrected chi connectivity index (χ3v) is 5.33. The first kappa shape index (κ1) is 21.5. The maximum absolute atomic E-state index is 12.9. The maximum Gasteiger partial charge on any atom is 0.347 e. The predicted octanol–water partition coefficient (Wildman–Crippen LogP) is 1.67. The Morgan fingerprint density at radius 2 is 1.90 bits per heavy atom. The molecule has 3 rings (SSSR count). The number of imide groups is 1. The molecule has 1 saturated carbocycles. The number of rotatable bonds is 6. The second-order valence-electron chi connectivity index (χ2n) is 7.69. The van der Waals surface area contributed by atoms with Crippen molar-refractivity contribution in [3.05, 3.63) is 30.1 Å². The molecule has 1 aliphatic carbocycles. The predicted molar refractivity (Wildman–Crippen MR) is 101 cm³/mol. The Morgan fingerprint density at radius 1 is 1.27 bits per heavy atom. The summed E-state index contributed by atoms with van der Waals surface area (Å²) in [6.45, 7) is 2.80. The van der Waals surface area contributed by atoms with Crippen molar-refractivity contribution in [2.75, 3.05) is 6.61 Å². The number of halogens is 1. The van der Waals surface area contributed by atoms with Gasteiger partial charge in [-0.05, 0) is 62.8 Å². The second kappa shape index (κ2) is 8.68. The highest BCUT2D eigenvalue weighted by molar-refractivity contribution is 6.08. The fraction of sp³-hybridized carbons (Fsp3) is 0.500. The highest BCUT2D eigenvalue weighted by atomic mass is 19.1. The van der Waals surface area contributed by atoms with E-state index in [0.717, 1.165) is 12.8 Å². The molecule has 1 atom stereocenters. The fourth-order valence-corrected chi connectivity index (χ4v) is 3.49. The molecule has 2 N–H and O–H groups in total. The van der Waals surface area contributed by atoms with Gasteiger partial charge in [-0.2, -0.15) is 5.01 Å². The van der Waals surface area contributed by atoms with Crippen molar-refractivity contribution in [1.82, 2.24) is 15.8 Å². The van der Waals surface area contributed by atoms with Gasteiger partial charge in [0, 0.05) is 0 Å². The number of carbonyl (C=O) groups is 4. The van der Waals surface area contributed by atoms with Crippen LogP contribution >= 0.6 is 0 Å². The molecule has 1 saturated heterocycles. The van der Waals surface area contributed by atoms with Crippen LogP contribution in [0.1, 0.15) is 39.5 Å². The van der Waals surface area contributed by atoms with Gasteiger partial charge in [-0.1, -0.05) is 6.92 Å². The van der Waals surface area contributed by atoms with Gasteiger partial charge in [-0.15, -0.1) is 0 Å². The highest BCUT2D eigenvalue weighted by Crippen LogP contribution is 2.35. The van der Waals surface area contributed by atoms with Crippen molar-refractivity contribution < 1.29 is 33.0 Å². The number of esters is 1. The van der Waals surface area contributed by atoms with Gasteiger partial charge in [0.25, 0.3) is 11.8 Å². The summed E-state index contributed by atoms with van der Waals surface area (Å²) in [6.07, 6.45) is 1.58. The molecule has 9 nitrogen and oxygen atoms in total. The number of nitrogens with zero attached hydrogens (tertiary/aromatic N) is 1. The number of nitrogens with one attached hydrogen (secondary N) is 2. The van der Waals surface area contributed by atoms with Gasteiger partial charge in [-0.25, -0.2) is 14.0 Å². The molecule has 30 heavy (non-hydrogen) atoms. The van der Waals surface area contributed by atoms with Crippen molar-refractivity contribution in [3.8, 4) is 5.75 Å². The average Bonchev–Trinajstić information content (AvgIpc) is 2.94. The number of benzene rings is 1. The first-order valence-corrected chi connectivity index (χ1v) is 9.75. The summed E-state index contributed by atoms with van der Waals surface area (Å²) in [5, 5.41) is 3.32. The van der Waals surface area contributed by atoms with Crippen LogP contribution in [0, 0.1) is 11.7 Å². The number of hydrogen-bond acceptors (Lipinski definition) is 6. The summed E-state index contributed by atoms with van der Waals surface area (Å²) in [5.74, 6) is -1.88. The molecular weight excluding hydrogens is 397 g/mol. The first-order valence-electron chi connectivity index (χ1n) is 9.75. The van der Waals surface area contributed by atoms with Crippen molar-refractivity contribution in [2.24, 2.45) is 5.92 Å². The lowest BCUT2D eigenvalue weighted by Crippen LogP contribution is -2.52. The summed E-state index contributed by atoms with van der Waals surface area (Å²) in [4.78, 5) is 48.9. The SMILES string of the molecule is CC1CCC2(CC1)NC(=O)N(NC(=O)COC(=O)[C@H](C)Oc1ccc(F)cc1)C2=O. The number of carbonyl (C=O) groups excluding carboxylic acids is 4. The molecule has 2 fully saturated rings. The van der Waals surface area contributed by atoms with Crippen molar-refractivity contribution >= 4 is 23.8 Å². The number of hydrazine groups is 1. The molecule has 162 valence electrons. The number of hydrogen-bond donors (Lipinski definition) is 2. The van der Waals surface area contributed by atoms with Gasteiger partial charge in [0.15, 0.2) is 12.7 Å². The number of urea groups is 1. The van der Waals surface area contributed by atoms with Crippen LogP contribution < -0.4 is 15.5 Å². The van der Waals surface area contributed by atoms with E-state index in [1.54, 1.807) is 0 Å². The van der Waals surface area contributed by atoms with Crippen LogP contribution in [0.3, 0.4) is 0 Å². The fourth-order valence-electron chi connectivity index (χ4n) is 3.49. The van der Waals surface area contributed by atoms with Crippen LogP contribution in [-0.4, -0.2) is 47.1 Å². The van der Waals surface area contributed by atoms with E-state index in [1.807, 2.05) is 0 Å². The summed E-state index contributed by atoms with van der Waals surface area (Å²) in [5.41, 5.74) is 1.20. The quantitative estimate of drug-likeness (QED) is 0.534. The van der Waals surface area contributed by atoms with Crippen molar-refractivity contribution in [2.45, 2.75) is 51.2 Å². The minimum absolute atomic E-state index is 0.261. The van der Waals surface area contributed by atoms with E-state index < -0.39 is 47.9 Å². The zero-order valence-electron chi connectivity index (χ0n) is 16.8. The average molecular weight is 421 g/mol. The molecule has 1 aliphatic heterocycles. The minimum atomic E-state index is -1.05. The second-order valence-corrected chi connectivity index (χ2v) is 7.69. The van der Waals surface area contributed by atoms with Gasteiger partial charge < -0.3 is 14.8 Å². The Hall–Kier alpha value is -3.17. The lowest BCUT2D eigenvalue weighted by molar-refractivity contribution is -0.156. The molecular formula is C20H24FN3O6. The Balaban J connectivity index is 1.48. The molecule has 1 spiro atoms. The summed E-state index contributed by atoms with van der Waals surface area (Å²) >= 11 is 0. The third kappa shape index (κ3) is 4.69. The van der Waals surface area contributed by atoms with Crippen LogP contribution in [0.25, 0.3) is 0 Å². The van der Waals surface area contributed by atoms with E-state index in [0.29, 0.717) is 23.8 Å². The number of amides is 4. The summed E-state index contributed by atoms with van der Waals surface area (Å²) < 4.78 is 23.1. The van der Waals surface area contributed by atoms with Gasteiger partial charge >= 0.3 is 12.0 Å². The van der Waals surface area contributed by atoms with Gasteiger partial charge in [0.05, 0.1) is 0 Å². The van der Waals surface area contributed by atoms with Crippen molar-refractivity contribution in [1.29, 1.82) is 0 Å². The van der Waals surface area contributed by atoms with E-state index in [1.165, 1.54) is 31.2 Å². The van der Waals surface area contributed by atoms with E-state index in [9.17, 15) is 23.6 Å². The van der Waals surface area contributed by atoms with E-state index in [2.05, 4.69) is 17.7 Å². The zero-order chi connectivity index (χ0) is 21.9. The van der Waals surface area contributed by atoms with E-state index >= 15 is 0 Å². The first-order chi connectivity index (χ1) is 14.2. The van der Waals surface area contributed by atoms with Crippen LogP contribution in [0.4, 0.5) is 9.18 Å². The molecule has 2 aliphatic rings. The third-order valence-electron chi connectivity index (χ3n) is 5.33. The molecule has 0 radical (unpaired) electrons. The normalized spacial score (nSPS) is 24.4. The molecule has 0 unspecified atom stereocenters. The topological polar surface area (TPSA) is 114 Å². The van der Waals surface area contributed by atoms with Crippen molar-refractivity contribution in [3.63, 3.8) is 0 Å². The Morgan fingerprint density at radius 3 is 2.53 bits per heavy atom. The molecule has 1 aromatic rings. The molecule has 4 amide bonds. The largest absolute Gasteiger partial charge is 0.479 e. The van der Waals surface area contributed by atoms with E-state index in [4.69, 9.17) is 9.47 Å². The Bertz CT molecular complexity index is 835. The smallest absolute Gasteiger partial charge is 0.347 e. The van der Waals surface area contributed by atoms with Crippen LogP contribution in [0.2, 0.25) is 0 Å². The molecule has 10 heteroatoms. The zero-order valence-corrected chi connectivity index (χ0v) is 16.8. The lowest BCUT2D eigenvalue weighted by Gasteiger charge is -2.33. The molecule has 0 bridgehead atoms. The molecule has 1 heterocycles. The molecule has 1 aromatic carbocycles. The van der Waals surface area contributed by atoms with Gasteiger partial charge in [-0.3, -0.25) is 15.0 Å². The van der Waals surface area contributed by atoms with Crippen LogP contribution in [0.5, 0.6) is 5.75 Å². The standard InChI is InChI=1S/C20H24FN3O6/c1-12-7-9-20(10-8-12)18(27)24(19(28)22-20)23-16(25)11-29-17(26)13(2)30-15-5-3-14(21)4-6-15/h3-6,12-13H,7-11H2,1-2H3,(H,22,28)(H,23,25)/t12?,13-,20?/m0/s1. The summed E-state index contributed by atoms with van der Waals surface area (Å²) in [7, 11) is 0. The Kier molecular flexibility index (Phi) is 6.23. The summed E-state index contributed by atoms with van der Waals surface area (Å²) in [6, 6.07) is 4.36. The molecule has 0 aromatic heterocycles. The number of ether oxygens (including phenoxy) is 2. The van der Waals surface area contributed by atoms with Crippen LogP contribution in [0.15, 0.2) is 24.3 Å². The monoisotopic (exact) mass is 421 g/mol.